The maximum absolute atomic E-state index is 13.3. The molecule has 0 amide bonds. The molecule has 7 nitrogen and oxygen atoms in total. The lowest BCUT2D eigenvalue weighted by atomic mass is 10.1. The molecule has 0 spiro atoms. The molecule has 0 aliphatic carbocycles. The Morgan fingerprint density at radius 2 is 1.90 bits per heavy atom. The largest absolute Gasteiger partial charge is 0.370 e. The van der Waals surface area contributed by atoms with Crippen LogP contribution < -0.4 is 11.5 Å². The second-order valence-electron chi connectivity index (χ2n) is 6.53. The summed E-state index contributed by atoms with van der Waals surface area (Å²) in [6, 6.07) is 12.4. The lowest BCUT2D eigenvalue weighted by molar-refractivity contribution is 0.423. The molecule has 152 valence electrons. The number of aryl methyl sites for hydroxylation is 1. The van der Waals surface area contributed by atoms with Crippen LogP contribution in [0, 0.1) is 6.92 Å². The van der Waals surface area contributed by atoms with Gasteiger partial charge in [0.1, 0.15) is 0 Å². The molecule has 0 radical (unpaired) electrons. The van der Waals surface area contributed by atoms with Gasteiger partial charge < -0.3 is 11.5 Å². The van der Waals surface area contributed by atoms with Crippen molar-refractivity contribution in [2.24, 2.45) is 16.5 Å². The number of hydrogen-bond donors (Lipinski definition) is 2. The fourth-order valence-electron chi connectivity index (χ4n) is 3.04. The second kappa shape index (κ2) is 8.36. The van der Waals surface area contributed by atoms with Crippen molar-refractivity contribution in [2.45, 2.75) is 25.3 Å². The van der Waals surface area contributed by atoms with E-state index in [4.69, 9.17) is 23.1 Å². The van der Waals surface area contributed by atoms with Crippen molar-refractivity contribution in [3.63, 3.8) is 0 Å². The summed E-state index contributed by atoms with van der Waals surface area (Å²) in [5.74, 6) is 0.0347. The maximum atomic E-state index is 13.3. The van der Waals surface area contributed by atoms with Crippen LogP contribution in [0.3, 0.4) is 0 Å². The molecule has 1 aromatic heterocycles. The quantitative estimate of drug-likeness (QED) is 0.459. The Morgan fingerprint density at radius 3 is 2.55 bits per heavy atom. The van der Waals surface area contributed by atoms with Crippen LogP contribution in [0.2, 0.25) is 5.02 Å². The zero-order valence-corrected chi connectivity index (χ0v) is 17.7. The minimum atomic E-state index is -3.76. The summed E-state index contributed by atoms with van der Waals surface area (Å²) < 4.78 is 28.1. The first-order valence-electron chi connectivity index (χ1n) is 8.96. The Kier molecular flexibility index (Phi) is 6.07. The number of rotatable bonds is 6. The van der Waals surface area contributed by atoms with Crippen molar-refractivity contribution in [1.82, 2.24) is 9.29 Å². The highest BCUT2D eigenvalue weighted by atomic mass is 35.5. The zero-order valence-electron chi connectivity index (χ0n) is 16.1. The number of pyridine rings is 1. The molecule has 29 heavy (non-hydrogen) atoms. The van der Waals surface area contributed by atoms with E-state index in [-0.39, 0.29) is 23.2 Å². The number of sulfonamides is 1. The van der Waals surface area contributed by atoms with E-state index in [1.807, 2.05) is 31.2 Å². The van der Waals surface area contributed by atoms with E-state index in [2.05, 4.69) is 9.98 Å². The Labute approximate surface area is 175 Å². The van der Waals surface area contributed by atoms with Crippen LogP contribution in [0.1, 0.15) is 18.1 Å². The molecule has 9 heteroatoms. The van der Waals surface area contributed by atoms with Crippen LogP contribution >= 0.6 is 11.6 Å². The summed E-state index contributed by atoms with van der Waals surface area (Å²) >= 11 is 6.21. The SMILES string of the molecule is CCN(Cc1ccccc1C)S(=O)(=O)c1ccc2c(Cl)cnc(N=C(N)N)c2c1. The highest BCUT2D eigenvalue weighted by molar-refractivity contribution is 7.89. The van der Waals surface area contributed by atoms with Gasteiger partial charge in [0, 0.05) is 30.1 Å². The minimum Gasteiger partial charge on any atom is -0.370 e. The maximum Gasteiger partial charge on any atom is 0.243 e. The topological polar surface area (TPSA) is 115 Å². The second-order valence-corrected chi connectivity index (χ2v) is 8.88. The average molecular weight is 432 g/mol. The third-order valence-corrected chi connectivity index (χ3v) is 6.84. The third-order valence-electron chi connectivity index (χ3n) is 4.62. The molecule has 0 aliphatic rings. The molecule has 1 heterocycles. The highest BCUT2D eigenvalue weighted by Crippen LogP contribution is 2.32. The van der Waals surface area contributed by atoms with Crippen molar-refractivity contribution in [1.29, 1.82) is 0 Å². The van der Waals surface area contributed by atoms with Crippen molar-refractivity contribution < 1.29 is 8.42 Å². The summed E-state index contributed by atoms with van der Waals surface area (Å²) in [6.45, 7) is 4.36. The number of nitrogens with two attached hydrogens (primary N) is 2. The summed E-state index contributed by atoms with van der Waals surface area (Å²) in [5, 5.41) is 1.45. The van der Waals surface area contributed by atoms with Crippen molar-refractivity contribution >= 4 is 44.2 Å². The number of aliphatic imine (C=N–C) groups is 1. The van der Waals surface area contributed by atoms with Crippen LogP contribution in [0.4, 0.5) is 5.82 Å². The molecule has 3 aromatic rings. The lowest BCUT2D eigenvalue weighted by Crippen LogP contribution is -2.30. The normalized spacial score (nSPS) is 11.7. The molecule has 0 unspecified atom stereocenters. The van der Waals surface area contributed by atoms with E-state index in [1.54, 1.807) is 13.0 Å². The molecule has 0 saturated carbocycles. The van der Waals surface area contributed by atoms with E-state index in [1.165, 1.54) is 22.6 Å². The molecular formula is C20H22ClN5O2S. The van der Waals surface area contributed by atoms with E-state index in [9.17, 15) is 8.42 Å². The highest BCUT2D eigenvalue weighted by Gasteiger charge is 2.24. The predicted octanol–water partition coefficient (Wildman–Crippen LogP) is 3.31. The lowest BCUT2D eigenvalue weighted by Gasteiger charge is -2.22. The van der Waals surface area contributed by atoms with Crippen molar-refractivity contribution in [3.05, 3.63) is 64.8 Å². The number of fused-ring (bicyclic) bond motifs is 1. The van der Waals surface area contributed by atoms with Crippen LogP contribution in [-0.4, -0.2) is 30.2 Å². The Morgan fingerprint density at radius 1 is 1.17 bits per heavy atom. The first-order chi connectivity index (χ1) is 13.7. The molecule has 0 atom stereocenters. The monoisotopic (exact) mass is 431 g/mol. The van der Waals surface area contributed by atoms with E-state index in [0.717, 1.165) is 11.1 Å². The van der Waals surface area contributed by atoms with E-state index in [0.29, 0.717) is 22.3 Å². The predicted molar refractivity (Wildman–Crippen MR) is 117 cm³/mol. The smallest absolute Gasteiger partial charge is 0.243 e. The molecule has 4 N–H and O–H groups in total. The molecule has 2 aromatic carbocycles. The van der Waals surface area contributed by atoms with Crippen LogP contribution in [-0.2, 0) is 16.6 Å². The van der Waals surface area contributed by atoms with Gasteiger partial charge in [0.05, 0.1) is 9.92 Å². The van der Waals surface area contributed by atoms with Gasteiger partial charge in [0.25, 0.3) is 0 Å². The van der Waals surface area contributed by atoms with Gasteiger partial charge in [-0.15, -0.1) is 0 Å². The molecule has 3 rings (SSSR count). The van der Waals surface area contributed by atoms with Gasteiger partial charge in [0.15, 0.2) is 11.8 Å². The summed E-state index contributed by atoms with van der Waals surface area (Å²) in [5.41, 5.74) is 12.9. The number of guanidine groups is 1. The van der Waals surface area contributed by atoms with Crippen LogP contribution in [0.5, 0.6) is 0 Å². The molecular weight excluding hydrogens is 410 g/mol. The Bertz CT molecular complexity index is 1190. The van der Waals surface area contributed by atoms with Gasteiger partial charge in [-0.1, -0.05) is 48.9 Å². The molecule has 0 fully saturated rings. The zero-order chi connectivity index (χ0) is 21.2. The van der Waals surface area contributed by atoms with E-state index >= 15 is 0 Å². The van der Waals surface area contributed by atoms with Gasteiger partial charge in [-0.2, -0.15) is 9.30 Å². The van der Waals surface area contributed by atoms with Gasteiger partial charge in [0.2, 0.25) is 10.0 Å². The average Bonchev–Trinajstić information content (AvgIpc) is 2.69. The summed E-state index contributed by atoms with van der Waals surface area (Å²) in [7, 11) is -3.76. The van der Waals surface area contributed by atoms with Gasteiger partial charge >= 0.3 is 0 Å². The standard InChI is InChI=1S/C20H22ClN5O2S/c1-3-26(12-14-7-5-4-6-13(14)2)29(27,28)15-8-9-16-17(10-15)19(25-20(22)23)24-11-18(16)21/h4-11H,3,12H2,1-2H3,(H4,22,23,24,25). The number of aromatic nitrogens is 1. The molecule has 0 saturated heterocycles. The molecule has 0 bridgehead atoms. The number of halogens is 1. The first kappa shape index (κ1) is 21.0. The fraction of sp³-hybridized carbons (Fsp3) is 0.200. The fourth-order valence-corrected chi connectivity index (χ4v) is 4.71. The summed E-state index contributed by atoms with van der Waals surface area (Å²) in [6.07, 6.45) is 1.43. The number of nitrogens with zero attached hydrogens (tertiary/aromatic N) is 3. The molecule has 0 aliphatic heterocycles. The summed E-state index contributed by atoms with van der Waals surface area (Å²) in [4.78, 5) is 8.24. The van der Waals surface area contributed by atoms with Gasteiger partial charge in [-0.3, -0.25) is 0 Å². The number of benzene rings is 2. The van der Waals surface area contributed by atoms with Gasteiger partial charge in [-0.25, -0.2) is 13.4 Å². The van der Waals surface area contributed by atoms with Crippen molar-refractivity contribution in [2.75, 3.05) is 6.54 Å². The Hall–Kier alpha value is -2.68. The van der Waals surface area contributed by atoms with Gasteiger partial charge in [-0.05, 0) is 30.2 Å². The number of hydrogen-bond acceptors (Lipinski definition) is 4. The van der Waals surface area contributed by atoms with E-state index < -0.39 is 10.0 Å². The first-order valence-corrected chi connectivity index (χ1v) is 10.8. The Balaban J connectivity index is 2.10. The van der Waals surface area contributed by atoms with Crippen LogP contribution in [0.25, 0.3) is 10.8 Å². The third kappa shape index (κ3) is 4.34. The minimum absolute atomic E-state index is 0.122. The van der Waals surface area contributed by atoms with Crippen molar-refractivity contribution in [3.8, 4) is 0 Å². The van der Waals surface area contributed by atoms with Crippen LogP contribution in [0.15, 0.2) is 58.5 Å².